The van der Waals surface area contributed by atoms with E-state index in [1.54, 1.807) is 0 Å². The van der Waals surface area contributed by atoms with Gasteiger partial charge in [0.15, 0.2) is 16.9 Å². The van der Waals surface area contributed by atoms with Gasteiger partial charge in [-0.2, -0.15) is 0 Å². The van der Waals surface area contributed by atoms with Crippen LogP contribution in [0.5, 0.6) is 0 Å². The average molecular weight is 1600 g/mol. The molecule has 12 aromatic heterocycles. The minimum Gasteiger partial charge on any atom is -0.309 e. The van der Waals surface area contributed by atoms with E-state index in [1.807, 2.05) is 66.7 Å². The third kappa shape index (κ3) is 9.82. The second-order valence-electron chi connectivity index (χ2n) is 33.2. The van der Waals surface area contributed by atoms with E-state index in [2.05, 4.69) is 361 Å². The van der Waals surface area contributed by atoms with Gasteiger partial charge < -0.3 is 13.7 Å². The third-order valence-corrected chi connectivity index (χ3v) is 26.4. The lowest BCUT2D eigenvalue weighted by Crippen LogP contribution is -1.96. The number of nitrogens with zero attached hydrogens (tertiary/aromatic N) is 12. The van der Waals surface area contributed by atoms with E-state index >= 15 is 0 Å². The average Bonchev–Trinajstić information content (AvgIpc) is 1.54. The molecule has 0 radical (unpaired) electrons. The highest BCUT2D eigenvalue weighted by Gasteiger charge is 2.28. The molecule has 0 saturated heterocycles. The molecule has 30 aromatic rings. The van der Waals surface area contributed by atoms with Crippen LogP contribution in [0.3, 0.4) is 0 Å². The van der Waals surface area contributed by atoms with E-state index in [9.17, 15) is 0 Å². The van der Waals surface area contributed by atoms with Crippen LogP contribution in [0.2, 0.25) is 0 Å². The van der Waals surface area contributed by atoms with E-state index in [0.717, 1.165) is 122 Å². The summed E-state index contributed by atoms with van der Waals surface area (Å²) in [4.78, 5) is 30.7. The standard InChI is InChI=1S/C44H26N4.C38H22N4.C32H18N4/c1-3-12-27(13-4-1)29-22-30(28-14-5-2-6-15-28)24-31(23-29)47-39-21-10-7-16-32(39)35-25-36-33-17-11-18-34-42-44(46-38-20-9-8-19-37(38)45-42)48(43(33)34)41(36)26-40(35)47;1-2-9-23(10-3-1)24-17-19-25(20-18-24)41-33-16-7-4-11-26(33)29-21-30-27-12-8-13-28-36-38(40-32-15-6-5-14-31(32)39-36)42(37(27)28)35(30)22-34(29)41;1-2-9-19(10-3-1)35-27-16-7-4-11-20(27)23-17-24-21-12-8-13-22-30-32(34-26-15-6-5-14-25(26)33-30)36(31(21)22)29(24)18-28(23)35/h1-26H;1-22H;1-18H. The first kappa shape index (κ1) is 68.5. The maximum absolute atomic E-state index is 5.21. The second-order valence-corrected chi connectivity index (χ2v) is 33.2. The summed E-state index contributed by atoms with van der Waals surface area (Å²) in [6, 6.07) is 143. The first-order valence-corrected chi connectivity index (χ1v) is 42.8. The highest BCUT2D eigenvalue weighted by Crippen LogP contribution is 2.48. The lowest BCUT2D eigenvalue weighted by molar-refractivity contribution is 1.18. The van der Waals surface area contributed by atoms with Gasteiger partial charge in [-0.15, -0.1) is 0 Å². The van der Waals surface area contributed by atoms with E-state index in [-0.39, 0.29) is 0 Å². The van der Waals surface area contributed by atoms with Gasteiger partial charge >= 0.3 is 0 Å². The molecule has 12 heterocycles. The fourth-order valence-electron chi connectivity index (χ4n) is 21.0. The molecule has 0 saturated carbocycles. The lowest BCUT2D eigenvalue weighted by atomic mass is 9.98. The van der Waals surface area contributed by atoms with Gasteiger partial charge in [0.05, 0.1) is 99.3 Å². The summed E-state index contributed by atoms with van der Waals surface area (Å²) >= 11 is 0. The van der Waals surface area contributed by atoms with Gasteiger partial charge in [0, 0.05) is 97.9 Å². The van der Waals surface area contributed by atoms with Crippen LogP contribution in [0, 0.1) is 0 Å². The summed E-state index contributed by atoms with van der Waals surface area (Å²) in [7, 11) is 0. The Hall–Kier alpha value is -17.2. The Kier molecular flexibility index (Phi) is 14.2. The van der Waals surface area contributed by atoms with Crippen molar-refractivity contribution in [2.24, 2.45) is 0 Å². The molecule has 0 aliphatic rings. The van der Waals surface area contributed by atoms with E-state index in [4.69, 9.17) is 29.9 Å². The Bertz CT molecular complexity index is 9730. The summed E-state index contributed by atoms with van der Waals surface area (Å²) in [5.41, 5.74) is 35.8. The molecule has 0 N–H and O–H groups in total. The summed E-state index contributed by atoms with van der Waals surface area (Å²) in [6.07, 6.45) is 0. The Morgan fingerprint density at radius 3 is 0.762 bits per heavy atom. The van der Waals surface area contributed by atoms with Crippen molar-refractivity contribution in [2.45, 2.75) is 0 Å². The number of fused-ring (bicyclic) bond motifs is 30. The number of hydrogen-bond acceptors (Lipinski definition) is 6. The molecule has 30 rings (SSSR count). The van der Waals surface area contributed by atoms with Crippen LogP contribution in [-0.2, 0) is 0 Å². The number of rotatable bonds is 6. The van der Waals surface area contributed by atoms with Crippen LogP contribution in [0.25, 0.3) is 264 Å². The van der Waals surface area contributed by atoms with Gasteiger partial charge in [-0.25, -0.2) is 29.9 Å². The minimum atomic E-state index is 0.898. The molecule has 582 valence electrons. The highest BCUT2D eigenvalue weighted by molar-refractivity contribution is 6.29. The number of para-hydroxylation sites is 13. The zero-order valence-corrected chi connectivity index (χ0v) is 67.5. The van der Waals surface area contributed by atoms with Gasteiger partial charge in [0.1, 0.15) is 16.6 Å². The highest BCUT2D eigenvalue weighted by atomic mass is 15.1. The van der Waals surface area contributed by atoms with Gasteiger partial charge in [-0.3, -0.25) is 13.2 Å². The van der Waals surface area contributed by atoms with Gasteiger partial charge in [-0.1, -0.05) is 267 Å². The Balaban J connectivity index is 0.0000000971. The van der Waals surface area contributed by atoms with Crippen molar-refractivity contribution in [3.05, 3.63) is 400 Å². The monoisotopic (exact) mass is 1600 g/mol. The Labute approximate surface area is 716 Å². The van der Waals surface area contributed by atoms with Gasteiger partial charge in [-0.05, 0) is 167 Å². The van der Waals surface area contributed by atoms with E-state index < -0.39 is 0 Å². The van der Waals surface area contributed by atoms with Crippen LogP contribution in [-0.4, -0.2) is 56.8 Å². The topological polar surface area (TPSA) is 105 Å². The van der Waals surface area contributed by atoms with Crippen molar-refractivity contribution in [3.8, 4) is 50.4 Å². The zero-order valence-electron chi connectivity index (χ0n) is 67.5. The largest absolute Gasteiger partial charge is 0.309 e. The van der Waals surface area contributed by atoms with E-state index in [1.165, 1.54) is 142 Å². The molecular formula is C114H66N12. The summed E-state index contributed by atoms with van der Waals surface area (Å²) in [5, 5.41) is 18.3. The predicted octanol–water partition coefficient (Wildman–Crippen LogP) is 28.6. The maximum atomic E-state index is 5.21. The SMILES string of the molecule is c1ccc(-c2cc(-c3ccccc3)cc(-n3c4ccccc4c4cc5c6cccc7c8nc9ccccc9nc8n(c5cc43)c67)c2)cc1.c1ccc(-c2ccc(-n3c4ccccc4c4cc5c6cccc7c8nc9ccccc9nc8n(c5cc43)c67)cc2)cc1.c1ccc(-n2c3ccccc3c3cc4c5cccc6c7nc8ccccc8nc7n(c4cc32)c56)cc1. The van der Waals surface area contributed by atoms with Crippen LogP contribution < -0.4 is 0 Å². The van der Waals surface area contributed by atoms with Gasteiger partial charge in [0.2, 0.25) is 0 Å². The normalized spacial score (nSPS) is 12.3. The zero-order chi connectivity index (χ0) is 82.1. The molecule has 126 heavy (non-hydrogen) atoms. The fraction of sp³-hybridized carbons (Fsp3) is 0. The van der Waals surface area contributed by atoms with Crippen LogP contribution in [0.15, 0.2) is 400 Å². The molecule has 0 aliphatic carbocycles. The molecule has 0 bridgehead atoms. The smallest absolute Gasteiger partial charge is 0.165 e. The van der Waals surface area contributed by atoms with Crippen molar-refractivity contribution < 1.29 is 0 Å². The molecule has 12 heteroatoms. The van der Waals surface area contributed by atoms with Gasteiger partial charge in [0.25, 0.3) is 0 Å². The first-order chi connectivity index (χ1) is 62.5. The number of aromatic nitrogens is 12. The molecule has 0 spiro atoms. The summed E-state index contributed by atoms with van der Waals surface area (Å²) < 4.78 is 14.2. The fourth-order valence-corrected chi connectivity index (χ4v) is 21.0. The third-order valence-electron chi connectivity index (χ3n) is 26.4. The quantitative estimate of drug-likeness (QED) is 0.164. The molecule has 0 aliphatic heterocycles. The minimum absolute atomic E-state index is 0.898. The molecule has 0 fully saturated rings. The van der Waals surface area contributed by atoms with Crippen molar-refractivity contribution in [3.63, 3.8) is 0 Å². The first-order valence-electron chi connectivity index (χ1n) is 42.8. The molecule has 0 atom stereocenters. The maximum Gasteiger partial charge on any atom is 0.165 e. The molecule has 18 aromatic carbocycles. The van der Waals surface area contributed by atoms with Crippen LogP contribution in [0.4, 0.5) is 0 Å². The summed E-state index contributed by atoms with van der Waals surface area (Å²) in [6.45, 7) is 0. The number of benzene rings is 18. The van der Waals surface area contributed by atoms with Crippen LogP contribution in [0.1, 0.15) is 0 Å². The van der Waals surface area contributed by atoms with E-state index in [0.29, 0.717) is 0 Å². The van der Waals surface area contributed by atoms with Crippen molar-refractivity contribution in [1.29, 1.82) is 0 Å². The Morgan fingerprint density at radius 1 is 0.143 bits per heavy atom. The van der Waals surface area contributed by atoms with Crippen molar-refractivity contribution in [2.75, 3.05) is 0 Å². The Morgan fingerprint density at radius 2 is 0.405 bits per heavy atom. The van der Waals surface area contributed by atoms with Crippen molar-refractivity contribution >= 4 is 214 Å². The molecule has 12 nitrogen and oxygen atoms in total. The molecular weight excluding hydrogens is 1540 g/mol. The second kappa shape index (κ2) is 26.2. The van der Waals surface area contributed by atoms with Crippen molar-refractivity contribution in [1.82, 2.24) is 56.8 Å². The van der Waals surface area contributed by atoms with Crippen LogP contribution >= 0.6 is 0 Å². The molecule has 0 unspecified atom stereocenters. The predicted molar refractivity (Wildman–Crippen MR) is 522 cm³/mol. The number of hydrogen-bond donors (Lipinski definition) is 0. The summed E-state index contributed by atoms with van der Waals surface area (Å²) in [5.74, 6) is 0. The molecule has 0 amide bonds. The lowest BCUT2D eigenvalue weighted by Gasteiger charge is -2.14.